The van der Waals surface area contributed by atoms with Crippen molar-refractivity contribution in [3.8, 4) is 0 Å². The van der Waals surface area contributed by atoms with Crippen LogP contribution in [0.3, 0.4) is 0 Å². The highest BCUT2D eigenvalue weighted by atomic mass is 19.4. The molecule has 1 atom stereocenters. The van der Waals surface area contributed by atoms with Gasteiger partial charge < -0.3 is 15.2 Å². The van der Waals surface area contributed by atoms with Gasteiger partial charge in [-0.15, -0.1) is 0 Å². The third-order valence-electron chi connectivity index (χ3n) is 4.36. The Bertz CT molecular complexity index is 568. The first kappa shape index (κ1) is 18.7. The fourth-order valence-corrected chi connectivity index (χ4v) is 2.79. The average Bonchev–Trinajstić information content (AvgIpc) is 2.54. The quantitative estimate of drug-likeness (QED) is 0.863. The Hall–Kier alpha value is -1.60. The maximum atomic E-state index is 13.1. The van der Waals surface area contributed by atoms with Crippen molar-refractivity contribution in [3.05, 3.63) is 35.4 Å². The normalized spacial score (nSPS) is 18.9. The van der Waals surface area contributed by atoms with E-state index >= 15 is 0 Å². The highest BCUT2D eigenvalue weighted by Crippen LogP contribution is 2.32. The van der Waals surface area contributed by atoms with Gasteiger partial charge in [0.05, 0.1) is 5.56 Å². The molecule has 1 aliphatic rings. The van der Waals surface area contributed by atoms with Gasteiger partial charge in [-0.25, -0.2) is 0 Å². The highest BCUT2D eigenvalue weighted by molar-refractivity contribution is 5.85. The Morgan fingerprint density at radius 2 is 1.96 bits per heavy atom. The Labute approximate surface area is 139 Å². The summed E-state index contributed by atoms with van der Waals surface area (Å²) in [5, 5.41) is 13.1. The standard InChI is InChI=1S/C17H22F3NO3/c1-2-13(21-15(22)16(23)7-9-24-10-8-16)11-12-5-3-4-6-14(12)17(18,19)20/h3-6,13,23H,2,7-11H2,1H3,(H,21,22). The van der Waals surface area contributed by atoms with E-state index in [4.69, 9.17) is 4.74 Å². The molecule has 2 rings (SSSR count). The molecule has 4 nitrogen and oxygen atoms in total. The van der Waals surface area contributed by atoms with Gasteiger partial charge >= 0.3 is 6.18 Å². The summed E-state index contributed by atoms with van der Waals surface area (Å²) in [4.78, 5) is 12.3. The molecule has 1 saturated heterocycles. The van der Waals surface area contributed by atoms with Crippen LogP contribution in [0.25, 0.3) is 0 Å². The van der Waals surface area contributed by atoms with Crippen LogP contribution in [0.15, 0.2) is 24.3 Å². The van der Waals surface area contributed by atoms with E-state index < -0.39 is 29.3 Å². The smallest absolute Gasteiger partial charge is 0.381 e. The minimum Gasteiger partial charge on any atom is -0.381 e. The molecule has 24 heavy (non-hydrogen) atoms. The van der Waals surface area contributed by atoms with Gasteiger partial charge in [0.1, 0.15) is 5.60 Å². The Kier molecular flexibility index (Phi) is 5.87. The van der Waals surface area contributed by atoms with Gasteiger partial charge in [0, 0.05) is 32.1 Å². The molecule has 1 fully saturated rings. The predicted molar refractivity (Wildman–Crippen MR) is 82.4 cm³/mol. The first-order chi connectivity index (χ1) is 11.3. The molecule has 0 spiro atoms. The van der Waals surface area contributed by atoms with Crippen molar-refractivity contribution in [2.45, 2.75) is 50.4 Å². The summed E-state index contributed by atoms with van der Waals surface area (Å²) < 4.78 is 44.4. The summed E-state index contributed by atoms with van der Waals surface area (Å²) in [5.41, 5.74) is -2.06. The zero-order valence-electron chi connectivity index (χ0n) is 13.5. The molecule has 7 heteroatoms. The van der Waals surface area contributed by atoms with E-state index in [1.165, 1.54) is 12.1 Å². The van der Waals surface area contributed by atoms with E-state index in [1.54, 1.807) is 13.0 Å². The predicted octanol–water partition coefficient (Wildman–Crippen LogP) is 2.68. The second-order valence-corrected chi connectivity index (χ2v) is 6.08. The van der Waals surface area contributed by atoms with Crippen LogP contribution in [0.4, 0.5) is 13.2 Å². The van der Waals surface area contributed by atoms with Gasteiger partial charge in [-0.05, 0) is 24.5 Å². The lowest BCUT2D eigenvalue weighted by Gasteiger charge is -2.32. The van der Waals surface area contributed by atoms with E-state index in [0.717, 1.165) is 6.07 Å². The highest BCUT2D eigenvalue weighted by Gasteiger charge is 2.39. The van der Waals surface area contributed by atoms with Crippen LogP contribution in [-0.2, 0) is 22.1 Å². The summed E-state index contributed by atoms with van der Waals surface area (Å²) in [6.45, 7) is 2.37. The molecule has 2 N–H and O–H groups in total. The van der Waals surface area contributed by atoms with Crippen molar-refractivity contribution in [1.29, 1.82) is 0 Å². The lowest BCUT2D eigenvalue weighted by Crippen LogP contribution is -2.53. The fourth-order valence-electron chi connectivity index (χ4n) is 2.79. The van der Waals surface area contributed by atoms with Gasteiger partial charge in [-0.3, -0.25) is 4.79 Å². The molecule has 0 aromatic heterocycles. The molecule has 1 aromatic rings. The number of benzene rings is 1. The number of aliphatic hydroxyl groups is 1. The number of hydrogen-bond donors (Lipinski definition) is 2. The van der Waals surface area contributed by atoms with Crippen LogP contribution in [-0.4, -0.2) is 35.9 Å². The van der Waals surface area contributed by atoms with Gasteiger partial charge in [-0.1, -0.05) is 25.1 Å². The van der Waals surface area contributed by atoms with Crippen LogP contribution < -0.4 is 5.32 Å². The SMILES string of the molecule is CCC(Cc1ccccc1C(F)(F)F)NC(=O)C1(O)CCOCC1. The van der Waals surface area contributed by atoms with Crippen LogP contribution in [0.2, 0.25) is 0 Å². The molecular formula is C17H22F3NO3. The summed E-state index contributed by atoms with van der Waals surface area (Å²) in [6.07, 6.45) is -3.53. The number of amides is 1. The molecule has 1 unspecified atom stereocenters. The van der Waals surface area contributed by atoms with Crippen molar-refractivity contribution in [2.24, 2.45) is 0 Å². The maximum absolute atomic E-state index is 13.1. The first-order valence-corrected chi connectivity index (χ1v) is 8.02. The number of alkyl halides is 3. The van der Waals surface area contributed by atoms with Crippen molar-refractivity contribution in [3.63, 3.8) is 0 Å². The average molecular weight is 345 g/mol. The van der Waals surface area contributed by atoms with Gasteiger partial charge in [0.25, 0.3) is 5.91 Å². The number of carbonyl (C=O) groups excluding carboxylic acids is 1. The van der Waals surface area contributed by atoms with Crippen molar-refractivity contribution < 1.29 is 27.8 Å². The minimum atomic E-state index is -4.43. The Morgan fingerprint density at radius 1 is 1.33 bits per heavy atom. The van der Waals surface area contributed by atoms with Gasteiger partial charge in [0.2, 0.25) is 0 Å². The molecule has 134 valence electrons. The van der Waals surface area contributed by atoms with E-state index in [0.29, 0.717) is 6.42 Å². The monoisotopic (exact) mass is 345 g/mol. The molecule has 0 aliphatic carbocycles. The second-order valence-electron chi connectivity index (χ2n) is 6.08. The summed E-state index contributed by atoms with van der Waals surface area (Å²) in [7, 11) is 0. The van der Waals surface area contributed by atoms with Crippen molar-refractivity contribution in [2.75, 3.05) is 13.2 Å². The Balaban J connectivity index is 2.09. The number of ether oxygens (including phenoxy) is 1. The second kappa shape index (κ2) is 7.53. The van der Waals surface area contributed by atoms with Crippen molar-refractivity contribution >= 4 is 5.91 Å². The van der Waals surface area contributed by atoms with Crippen LogP contribution in [0.1, 0.15) is 37.3 Å². The van der Waals surface area contributed by atoms with E-state index in [9.17, 15) is 23.1 Å². The zero-order chi connectivity index (χ0) is 17.8. The zero-order valence-corrected chi connectivity index (χ0v) is 13.5. The molecule has 0 radical (unpaired) electrons. The summed E-state index contributed by atoms with van der Waals surface area (Å²) >= 11 is 0. The lowest BCUT2D eigenvalue weighted by atomic mass is 9.92. The number of rotatable bonds is 5. The Morgan fingerprint density at radius 3 is 2.54 bits per heavy atom. The van der Waals surface area contributed by atoms with Gasteiger partial charge in [0.15, 0.2) is 0 Å². The summed E-state index contributed by atoms with van der Waals surface area (Å²) in [5.74, 6) is -0.540. The van der Waals surface area contributed by atoms with E-state index in [1.807, 2.05) is 0 Å². The fraction of sp³-hybridized carbons (Fsp3) is 0.588. The molecule has 1 heterocycles. The van der Waals surface area contributed by atoms with E-state index in [2.05, 4.69) is 5.32 Å². The number of carbonyl (C=O) groups is 1. The molecule has 0 saturated carbocycles. The maximum Gasteiger partial charge on any atom is 0.416 e. The number of nitrogens with one attached hydrogen (secondary N) is 1. The number of hydrogen-bond acceptors (Lipinski definition) is 3. The topological polar surface area (TPSA) is 58.6 Å². The van der Waals surface area contributed by atoms with Crippen LogP contribution in [0, 0.1) is 0 Å². The first-order valence-electron chi connectivity index (χ1n) is 8.02. The van der Waals surface area contributed by atoms with Crippen molar-refractivity contribution in [1.82, 2.24) is 5.32 Å². The summed E-state index contributed by atoms with van der Waals surface area (Å²) in [6, 6.07) is 4.87. The molecule has 1 aromatic carbocycles. The lowest BCUT2D eigenvalue weighted by molar-refractivity contribution is -0.150. The number of halogens is 3. The largest absolute Gasteiger partial charge is 0.416 e. The van der Waals surface area contributed by atoms with Crippen LogP contribution in [0.5, 0.6) is 0 Å². The van der Waals surface area contributed by atoms with E-state index in [-0.39, 0.29) is 38.0 Å². The molecule has 0 bridgehead atoms. The third-order valence-corrected chi connectivity index (χ3v) is 4.36. The molecular weight excluding hydrogens is 323 g/mol. The molecule has 1 aliphatic heterocycles. The minimum absolute atomic E-state index is 0.0600. The van der Waals surface area contributed by atoms with Gasteiger partial charge in [-0.2, -0.15) is 13.2 Å². The third kappa shape index (κ3) is 4.48. The molecule has 1 amide bonds. The van der Waals surface area contributed by atoms with Crippen LogP contribution >= 0.6 is 0 Å².